The van der Waals surface area contributed by atoms with Crippen molar-refractivity contribution >= 4 is 15.7 Å². The molecular weight excluding hydrogens is 230 g/mol. The summed E-state index contributed by atoms with van der Waals surface area (Å²) in [6.45, 7) is 0.0737. The Morgan fingerprint density at radius 1 is 1.31 bits per heavy atom. The zero-order valence-corrected chi connectivity index (χ0v) is 9.31. The van der Waals surface area contributed by atoms with Crippen molar-refractivity contribution in [3.05, 3.63) is 29.8 Å². The Labute approximate surface area is 93.5 Å². The van der Waals surface area contributed by atoms with E-state index in [9.17, 15) is 8.42 Å². The monoisotopic (exact) mass is 243 g/mol. The highest BCUT2D eigenvalue weighted by Crippen LogP contribution is 2.11. The lowest BCUT2D eigenvalue weighted by Crippen LogP contribution is -2.16. The van der Waals surface area contributed by atoms with Gasteiger partial charge in [0.25, 0.3) is 0 Å². The summed E-state index contributed by atoms with van der Waals surface area (Å²) in [5.74, 6) is -0.168. The second-order valence-corrected chi connectivity index (χ2v) is 5.23. The van der Waals surface area contributed by atoms with Crippen LogP contribution in [0.3, 0.4) is 0 Å². The van der Waals surface area contributed by atoms with Crippen LogP contribution in [-0.4, -0.2) is 31.8 Å². The van der Waals surface area contributed by atoms with Gasteiger partial charge in [0.15, 0.2) is 15.7 Å². The first-order valence-corrected chi connectivity index (χ1v) is 6.17. The van der Waals surface area contributed by atoms with Crippen LogP contribution in [0.4, 0.5) is 0 Å². The minimum absolute atomic E-state index is 0.0669. The van der Waals surface area contributed by atoms with Crippen LogP contribution < -0.4 is 11.5 Å². The summed E-state index contributed by atoms with van der Waals surface area (Å²) < 4.78 is 23.2. The molecule has 0 aliphatic rings. The first kappa shape index (κ1) is 12.5. The highest BCUT2D eigenvalue weighted by molar-refractivity contribution is 7.91. The first-order valence-electron chi connectivity index (χ1n) is 4.52. The highest BCUT2D eigenvalue weighted by atomic mass is 32.2. The fourth-order valence-electron chi connectivity index (χ4n) is 1.16. The molecule has 0 aliphatic heterocycles. The van der Waals surface area contributed by atoms with Crippen molar-refractivity contribution in [3.63, 3.8) is 0 Å². The molecule has 1 rings (SSSR count). The zero-order valence-electron chi connectivity index (χ0n) is 8.50. The molecule has 0 aromatic heterocycles. The molecule has 0 aliphatic carbocycles. The molecule has 6 nitrogen and oxygen atoms in total. The first-order chi connectivity index (χ1) is 7.51. The maximum atomic E-state index is 11.6. The van der Waals surface area contributed by atoms with Crippen LogP contribution in [0.5, 0.6) is 0 Å². The minimum atomic E-state index is -3.33. The van der Waals surface area contributed by atoms with Crippen molar-refractivity contribution in [2.75, 3.05) is 12.3 Å². The molecule has 0 radical (unpaired) electrons. The molecular formula is C9H13N3O3S. The van der Waals surface area contributed by atoms with Crippen LogP contribution >= 0.6 is 0 Å². The molecule has 7 heteroatoms. The Balaban J connectivity index is 3.04. The van der Waals surface area contributed by atoms with E-state index in [0.29, 0.717) is 5.56 Å². The summed E-state index contributed by atoms with van der Waals surface area (Å²) in [6.07, 6.45) is 0. The number of oxime groups is 1. The van der Waals surface area contributed by atoms with E-state index in [0.717, 1.165) is 0 Å². The van der Waals surface area contributed by atoms with Crippen molar-refractivity contribution in [1.29, 1.82) is 0 Å². The summed E-state index contributed by atoms with van der Waals surface area (Å²) in [5, 5.41) is 11.2. The fourth-order valence-corrected chi connectivity index (χ4v) is 2.26. The maximum absolute atomic E-state index is 11.6. The van der Waals surface area contributed by atoms with Crippen LogP contribution in [0, 0.1) is 0 Å². The lowest BCUT2D eigenvalue weighted by molar-refractivity contribution is 0.318. The van der Waals surface area contributed by atoms with Gasteiger partial charge in [-0.15, -0.1) is 0 Å². The second-order valence-electron chi connectivity index (χ2n) is 3.12. The topological polar surface area (TPSA) is 119 Å². The normalized spacial score (nSPS) is 12.7. The SMILES string of the molecule is NCCS(=O)(=O)c1ccc(/C(N)=N/O)cc1. The Morgan fingerprint density at radius 3 is 2.31 bits per heavy atom. The standard InChI is InChI=1S/C9H13N3O3S/c10-5-6-16(14,15)8-3-1-7(2-4-8)9(11)12-13/h1-4,13H,5-6,10H2,(H2,11,12). The van der Waals surface area contributed by atoms with Gasteiger partial charge < -0.3 is 16.7 Å². The predicted molar refractivity (Wildman–Crippen MR) is 60.1 cm³/mol. The van der Waals surface area contributed by atoms with Crippen molar-refractivity contribution in [1.82, 2.24) is 0 Å². The molecule has 1 aromatic rings. The van der Waals surface area contributed by atoms with Crippen LogP contribution in [-0.2, 0) is 9.84 Å². The Morgan fingerprint density at radius 2 is 1.88 bits per heavy atom. The van der Waals surface area contributed by atoms with Crippen molar-refractivity contribution < 1.29 is 13.6 Å². The number of hydrogen-bond acceptors (Lipinski definition) is 5. The number of nitrogens with two attached hydrogens (primary N) is 2. The van der Waals surface area contributed by atoms with E-state index in [1.807, 2.05) is 0 Å². The highest BCUT2D eigenvalue weighted by Gasteiger charge is 2.13. The Hall–Kier alpha value is -1.60. The molecule has 5 N–H and O–H groups in total. The average molecular weight is 243 g/mol. The van der Waals surface area contributed by atoms with Crippen LogP contribution in [0.25, 0.3) is 0 Å². The lowest BCUT2D eigenvalue weighted by atomic mass is 10.2. The minimum Gasteiger partial charge on any atom is -0.409 e. The molecule has 0 heterocycles. The number of sulfone groups is 1. The number of hydrogen-bond donors (Lipinski definition) is 3. The van der Waals surface area contributed by atoms with Crippen LogP contribution in [0.1, 0.15) is 5.56 Å². The molecule has 0 spiro atoms. The third-order valence-electron chi connectivity index (χ3n) is 2.00. The summed E-state index contributed by atoms with van der Waals surface area (Å²) in [6, 6.07) is 5.74. The number of benzene rings is 1. The summed E-state index contributed by atoms with van der Waals surface area (Å²) >= 11 is 0. The van der Waals surface area contributed by atoms with E-state index >= 15 is 0 Å². The molecule has 0 fully saturated rings. The molecule has 16 heavy (non-hydrogen) atoms. The molecule has 0 unspecified atom stereocenters. The van der Waals surface area contributed by atoms with Gasteiger partial charge in [-0.05, 0) is 24.3 Å². The Bertz CT molecular complexity index is 479. The van der Waals surface area contributed by atoms with Gasteiger partial charge in [0.05, 0.1) is 10.6 Å². The van der Waals surface area contributed by atoms with Crippen LogP contribution in [0.2, 0.25) is 0 Å². The van der Waals surface area contributed by atoms with Crippen molar-refractivity contribution in [2.45, 2.75) is 4.90 Å². The van der Waals surface area contributed by atoms with Gasteiger partial charge in [0.2, 0.25) is 0 Å². The molecule has 0 bridgehead atoms. The van der Waals surface area contributed by atoms with Gasteiger partial charge in [-0.2, -0.15) is 0 Å². The van der Waals surface area contributed by atoms with Gasteiger partial charge in [-0.3, -0.25) is 0 Å². The largest absolute Gasteiger partial charge is 0.409 e. The van der Waals surface area contributed by atoms with Gasteiger partial charge in [0, 0.05) is 12.1 Å². The maximum Gasteiger partial charge on any atom is 0.179 e. The molecule has 0 saturated carbocycles. The Kier molecular flexibility index (Phi) is 3.86. The third kappa shape index (κ3) is 2.71. The van der Waals surface area contributed by atoms with Gasteiger partial charge in [0.1, 0.15) is 0 Å². The van der Waals surface area contributed by atoms with Crippen LogP contribution in [0.15, 0.2) is 34.3 Å². The third-order valence-corrected chi connectivity index (χ3v) is 3.77. The van der Waals surface area contributed by atoms with E-state index in [4.69, 9.17) is 16.7 Å². The van der Waals surface area contributed by atoms with Gasteiger partial charge >= 0.3 is 0 Å². The van der Waals surface area contributed by atoms with Crippen molar-refractivity contribution in [2.24, 2.45) is 16.6 Å². The fraction of sp³-hybridized carbons (Fsp3) is 0.222. The number of amidine groups is 1. The quantitative estimate of drug-likeness (QED) is 0.285. The zero-order chi connectivity index (χ0) is 12.2. The predicted octanol–water partition coefficient (Wildman–Crippen LogP) is -0.486. The summed E-state index contributed by atoms with van der Waals surface area (Å²) in [4.78, 5) is 0.174. The van der Waals surface area contributed by atoms with E-state index in [1.165, 1.54) is 24.3 Å². The summed E-state index contributed by atoms with van der Waals surface area (Å²) in [5.41, 5.74) is 11.0. The van der Waals surface area contributed by atoms with E-state index in [-0.39, 0.29) is 23.0 Å². The van der Waals surface area contributed by atoms with E-state index in [2.05, 4.69) is 5.16 Å². The summed E-state index contributed by atoms with van der Waals surface area (Å²) in [7, 11) is -3.33. The molecule has 0 atom stereocenters. The lowest BCUT2D eigenvalue weighted by Gasteiger charge is -2.03. The van der Waals surface area contributed by atoms with E-state index in [1.54, 1.807) is 0 Å². The number of nitrogens with zero attached hydrogens (tertiary/aromatic N) is 1. The average Bonchev–Trinajstić information content (AvgIpc) is 2.28. The molecule has 88 valence electrons. The van der Waals surface area contributed by atoms with Gasteiger partial charge in [-0.25, -0.2) is 8.42 Å². The molecule has 0 saturated heterocycles. The molecule has 1 aromatic carbocycles. The van der Waals surface area contributed by atoms with E-state index < -0.39 is 9.84 Å². The second kappa shape index (κ2) is 4.95. The van der Waals surface area contributed by atoms with Crippen molar-refractivity contribution in [3.8, 4) is 0 Å². The van der Waals surface area contributed by atoms with Gasteiger partial charge in [-0.1, -0.05) is 5.16 Å². The smallest absolute Gasteiger partial charge is 0.179 e. The molecule has 0 amide bonds. The number of rotatable bonds is 4.